The lowest BCUT2D eigenvalue weighted by Crippen LogP contribution is -1.72. The van der Waals surface area contributed by atoms with Gasteiger partial charge in [-0.25, -0.2) is 0 Å². The van der Waals surface area contributed by atoms with Gasteiger partial charge in [-0.2, -0.15) is 0 Å². The molecule has 1 aliphatic heterocycles. The molecule has 0 spiro atoms. The van der Waals surface area contributed by atoms with E-state index in [-0.39, 0.29) is 0 Å². The maximum absolute atomic E-state index is 4.67. The summed E-state index contributed by atoms with van der Waals surface area (Å²) < 4.78 is 9.33. The maximum atomic E-state index is 4.67. The Bertz CT molecular complexity index is 105. The molecule has 38 valence electrons. The summed E-state index contributed by atoms with van der Waals surface area (Å²) in [7, 11) is 0. The molecule has 7 heavy (non-hydrogen) atoms. The minimum absolute atomic E-state index is 0.505. The Morgan fingerprint density at radius 1 is 1.14 bits per heavy atom. The SMILES string of the molecule is C=C1OSOC1=C. The predicted molar refractivity (Wildman–Crippen MR) is 28.0 cm³/mol. The van der Waals surface area contributed by atoms with Crippen LogP contribution in [0.2, 0.25) is 0 Å². The van der Waals surface area contributed by atoms with Crippen LogP contribution in [0.4, 0.5) is 0 Å². The lowest BCUT2D eigenvalue weighted by molar-refractivity contribution is 0.533. The van der Waals surface area contributed by atoms with Crippen LogP contribution in [-0.4, -0.2) is 0 Å². The topological polar surface area (TPSA) is 18.5 Å². The zero-order valence-corrected chi connectivity index (χ0v) is 4.46. The van der Waals surface area contributed by atoms with Crippen molar-refractivity contribution in [3.8, 4) is 0 Å². The second-order valence-corrected chi connectivity index (χ2v) is 1.55. The molecule has 0 unspecified atom stereocenters. The van der Waals surface area contributed by atoms with E-state index in [4.69, 9.17) is 0 Å². The highest BCUT2D eigenvalue weighted by molar-refractivity contribution is 7.90. The fourth-order valence-corrected chi connectivity index (χ4v) is 0.576. The molecule has 0 bridgehead atoms. The van der Waals surface area contributed by atoms with E-state index in [1.165, 1.54) is 0 Å². The third kappa shape index (κ3) is 0.718. The summed E-state index contributed by atoms with van der Waals surface area (Å²) in [6.45, 7) is 6.94. The third-order valence-electron chi connectivity index (χ3n) is 0.580. The van der Waals surface area contributed by atoms with E-state index in [1.54, 1.807) is 0 Å². The number of hydrogen-bond donors (Lipinski definition) is 0. The maximum Gasteiger partial charge on any atom is 0.293 e. The Labute approximate surface area is 46.2 Å². The molecule has 0 atom stereocenters. The Morgan fingerprint density at radius 3 is 1.71 bits per heavy atom. The van der Waals surface area contributed by atoms with Gasteiger partial charge in [0.2, 0.25) is 0 Å². The first-order chi connectivity index (χ1) is 3.30. The molecule has 0 aromatic rings. The first kappa shape index (κ1) is 4.59. The molecule has 1 saturated heterocycles. The second kappa shape index (κ2) is 1.50. The van der Waals surface area contributed by atoms with E-state index < -0.39 is 0 Å². The lowest BCUT2D eigenvalue weighted by Gasteiger charge is -1.81. The zero-order chi connectivity index (χ0) is 5.28. The molecule has 0 aromatic carbocycles. The average Bonchev–Trinajstić information content (AvgIpc) is 1.91. The minimum Gasteiger partial charge on any atom is -0.388 e. The highest BCUT2D eigenvalue weighted by Crippen LogP contribution is 2.28. The van der Waals surface area contributed by atoms with Crippen molar-refractivity contribution in [1.29, 1.82) is 0 Å². The number of rotatable bonds is 0. The molecular weight excluding hydrogens is 112 g/mol. The Morgan fingerprint density at radius 2 is 1.57 bits per heavy atom. The van der Waals surface area contributed by atoms with Crippen LogP contribution >= 0.6 is 12.3 Å². The summed E-state index contributed by atoms with van der Waals surface area (Å²) in [6.07, 6.45) is 0. The molecule has 0 saturated carbocycles. The van der Waals surface area contributed by atoms with E-state index in [0.717, 1.165) is 12.3 Å². The van der Waals surface area contributed by atoms with Gasteiger partial charge < -0.3 is 8.37 Å². The molecule has 3 heteroatoms. The number of hydrogen-bond acceptors (Lipinski definition) is 3. The summed E-state index contributed by atoms with van der Waals surface area (Å²) in [5.41, 5.74) is 0. The van der Waals surface area contributed by atoms with Gasteiger partial charge in [-0.05, 0) is 0 Å². The summed E-state index contributed by atoms with van der Waals surface area (Å²) in [6, 6.07) is 0. The lowest BCUT2D eigenvalue weighted by atomic mass is 10.5. The molecular formula is C4H4O2S. The smallest absolute Gasteiger partial charge is 0.293 e. The monoisotopic (exact) mass is 116 g/mol. The van der Waals surface area contributed by atoms with Crippen molar-refractivity contribution in [2.24, 2.45) is 0 Å². The van der Waals surface area contributed by atoms with Crippen molar-refractivity contribution >= 4 is 12.3 Å². The van der Waals surface area contributed by atoms with E-state index in [9.17, 15) is 0 Å². The molecule has 0 aliphatic carbocycles. The van der Waals surface area contributed by atoms with Gasteiger partial charge in [-0.15, -0.1) is 0 Å². The minimum atomic E-state index is 0.505. The van der Waals surface area contributed by atoms with Gasteiger partial charge in [-0.3, -0.25) is 0 Å². The van der Waals surface area contributed by atoms with Gasteiger partial charge in [0, 0.05) is 0 Å². The van der Waals surface area contributed by atoms with Gasteiger partial charge in [0.25, 0.3) is 12.3 Å². The quantitative estimate of drug-likeness (QED) is 0.448. The second-order valence-electron chi connectivity index (χ2n) is 1.08. The van der Waals surface area contributed by atoms with Crippen molar-refractivity contribution in [3.05, 3.63) is 24.7 Å². The van der Waals surface area contributed by atoms with Gasteiger partial charge in [0.1, 0.15) is 0 Å². The van der Waals surface area contributed by atoms with Crippen molar-refractivity contribution in [2.75, 3.05) is 0 Å². The van der Waals surface area contributed by atoms with Gasteiger partial charge in [0.15, 0.2) is 11.5 Å². The highest BCUT2D eigenvalue weighted by atomic mass is 32.2. The molecule has 2 nitrogen and oxygen atoms in total. The molecule has 0 radical (unpaired) electrons. The van der Waals surface area contributed by atoms with Crippen molar-refractivity contribution in [3.63, 3.8) is 0 Å². The standard InChI is InChI=1S/C4H4O2S/c1-3-4(2)6-7-5-3/h1-2H2. The largest absolute Gasteiger partial charge is 0.388 e. The van der Waals surface area contributed by atoms with Crippen LogP contribution in [0.5, 0.6) is 0 Å². The van der Waals surface area contributed by atoms with E-state index in [2.05, 4.69) is 21.5 Å². The molecule has 0 amide bonds. The van der Waals surface area contributed by atoms with Gasteiger partial charge in [0.05, 0.1) is 0 Å². The summed E-state index contributed by atoms with van der Waals surface area (Å²) in [4.78, 5) is 0. The molecule has 0 N–H and O–H groups in total. The van der Waals surface area contributed by atoms with Crippen molar-refractivity contribution in [1.82, 2.24) is 0 Å². The van der Waals surface area contributed by atoms with Crippen LogP contribution in [0.25, 0.3) is 0 Å². The van der Waals surface area contributed by atoms with Crippen LogP contribution in [0, 0.1) is 0 Å². The Hall–Kier alpha value is -0.570. The molecule has 0 aromatic heterocycles. The molecule has 1 aliphatic rings. The zero-order valence-electron chi connectivity index (χ0n) is 3.64. The fraction of sp³-hybridized carbons (Fsp3) is 0. The average molecular weight is 116 g/mol. The summed E-state index contributed by atoms with van der Waals surface area (Å²) in [5.74, 6) is 1.01. The van der Waals surface area contributed by atoms with Crippen LogP contribution in [-0.2, 0) is 8.37 Å². The van der Waals surface area contributed by atoms with E-state index >= 15 is 0 Å². The highest BCUT2D eigenvalue weighted by Gasteiger charge is 2.12. The Kier molecular flexibility index (Phi) is 0.982. The summed E-state index contributed by atoms with van der Waals surface area (Å²) >= 11 is 0.891. The van der Waals surface area contributed by atoms with Crippen LogP contribution in [0.15, 0.2) is 24.7 Å². The van der Waals surface area contributed by atoms with E-state index in [1.807, 2.05) is 0 Å². The van der Waals surface area contributed by atoms with E-state index in [0.29, 0.717) is 11.5 Å². The predicted octanol–water partition coefficient (Wildman–Crippen LogP) is 1.62. The summed E-state index contributed by atoms with van der Waals surface area (Å²) in [5, 5.41) is 0. The fourth-order valence-electron chi connectivity index (χ4n) is 0.192. The van der Waals surface area contributed by atoms with Gasteiger partial charge >= 0.3 is 0 Å². The van der Waals surface area contributed by atoms with Crippen LogP contribution in [0.3, 0.4) is 0 Å². The normalized spacial score (nSPS) is 18.9. The first-order valence-electron chi connectivity index (χ1n) is 1.70. The first-order valence-corrected chi connectivity index (χ1v) is 2.37. The third-order valence-corrected chi connectivity index (χ3v) is 1.12. The van der Waals surface area contributed by atoms with Crippen molar-refractivity contribution < 1.29 is 8.37 Å². The molecule has 1 fully saturated rings. The van der Waals surface area contributed by atoms with Crippen LogP contribution < -0.4 is 0 Å². The Balaban J connectivity index is 2.65. The van der Waals surface area contributed by atoms with Gasteiger partial charge in [-0.1, -0.05) is 13.2 Å². The molecule has 1 rings (SSSR count). The van der Waals surface area contributed by atoms with Crippen LogP contribution in [0.1, 0.15) is 0 Å². The molecule has 1 heterocycles. The van der Waals surface area contributed by atoms with Crippen molar-refractivity contribution in [2.45, 2.75) is 0 Å².